The van der Waals surface area contributed by atoms with Crippen molar-refractivity contribution in [2.24, 2.45) is 4.99 Å². The number of hydrogen-bond donors (Lipinski definition) is 1. The zero-order valence-electron chi connectivity index (χ0n) is 12.8. The lowest BCUT2D eigenvalue weighted by molar-refractivity contribution is 0.265. The minimum Gasteiger partial charge on any atom is -0.300 e. The van der Waals surface area contributed by atoms with Crippen LogP contribution in [0.4, 0.5) is 10.5 Å². The average molecular weight is 367 g/mol. The smallest absolute Gasteiger partial charge is 0.289 e. The fourth-order valence-corrected chi connectivity index (χ4v) is 3.24. The minimum atomic E-state index is -0.153. The van der Waals surface area contributed by atoms with Gasteiger partial charge >= 0.3 is 0 Å². The predicted octanol–water partition coefficient (Wildman–Crippen LogP) is 4.81. The number of rotatable bonds is 2. The maximum Gasteiger partial charge on any atom is 0.289 e. The number of halogens is 1. The molecule has 25 heavy (non-hydrogen) atoms. The van der Waals surface area contributed by atoms with Crippen LogP contribution in [0, 0.1) is 0 Å². The standard InChI is InChI=1S/C18H11ClN4OS/c19-12-2-4-13(5-3-12)22-17-16(25-18(24)23-17)10-11-1-6-14-15(9-11)21-8-7-20-14/h1-10H,(H,22,23,24). The first-order chi connectivity index (χ1) is 12.2. The molecule has 0 bridgehead atoms. The number of hydrogen-bond acceptors (Lipinski definition) is 5. The lowest BCUT2D eigenvalue weighted by Crippen LogP contribution is -2.18. The van der Waals surface area contributed by atoms with Crippen molar-refractivity contribution >= 4 is 57.2 Å². The quantitative estimate of drug-likeness (QED) is 0.706. The van der Waals surface area contributed by atoms with Crippen LogP contribution in [0.1, 0.15) is 5.56 Å². The summed E-state index contributed by atoms with van der Waals surface area (Å²) in [5.74, 6) is 0.525. The van der Waals surface area contributed by atoms with E-state index in [1.54, 1.807) is 36.7 Å². The van der Waals surface area contributed by atoms with Crippen LogP contribution in [-0.4, -0.2) is 21.0 Å². The number of fused-ring (bicyclic) bond motifs is 1. The molecule has 0 spiro atoms. The fraction of sp³-hybridized carbons (Fsp3) is 0. The molecule has 5 nitrogen and oxygen atoms in total. The lowest BCUT2D eigenvalue weighted by atomic mass is 10.1. The predicted molar refractivity (Wildman–Crippen MR) is 102 cm³/mol. The Morgan fingerprint density at radius 2 is 1.80 bits per heavy atom. The maximum atomic E-state index is 11.8. The van der Waals surface area contributed by atoms with E-state index in [9.17, 15) is 4.79 Å². The summed E-state index contributed by atoms with van der Waals surface area (Å²) in [6, 6.07) is 12.9. The summed E-state index contributed by atoms with van der Waals surface area (Å²) in [6.07, 6.45) is 5.22. The second-order valence-corrected chi connectivity index (χ2v) is 6.72. The zero-order chi connectivity index (χ0) is 17.2. The van der Waals surface area contributed by atoms with Crippen molar-refractivity contribution in [2.75, 3.05) is 0 Å². The molecule has 1 N–H and O–H groups in total. The first kappa shape index (κ1) is 15.8. The van der Waals surface area contributed by atoms with Gasteiger partial charge in [0.2, 0.25) is 0 Å². The van der Waals surface area contributed by atoms with Gasteiger partial charge in [-0.15, -0.1) is 0 Å². The summed E-state index contributed by atoms with van der Waals surface area (Å²) in [6.45, 7) is 0. The van der Waals surface area contributed by atoms with Crippen LogP contribution in [0.2, 0.25) is 5.02 Å². The SMILES string of the molecule is O=C1NC(=Nc2ccc(Cl)cc2)C(=Cc2ccc3nccnc3c2)S1. The lowest BCUT2D eigenvalue weighted by Gasteiger charge is -2.01. The van der Waals surface area contributed by atoms with Crippen LogP contribution >= 0.6 is 23.4 Å². The first-order valence-electron chi connectivity index (χ1n) is 7.43. The second-order valence-electron chi connectivity index (χ2n) is 5.26. The summed E-state index contributed by atoms with van der Waals surface area (Å²) in [7, 11) is 0. The molecule has 3 aromatic rings. The molecule has 1 fully saturated rings. The van der Waals surface area contributed by atoms with Gasteiger partial charge in [-0.05, 0) is 59.8 Å². The molecule has 0 radical (unpaired) electrons. The number of benzene rings is 2. The van der Waals surface area contributed by atoms with Crippen molar-refractivity contribution in [1.29, 1.82) is 0 Å². The van der Waals surface area contributed by atoms with Gasteiger partial charge in [0.05, 0.1) is 21.6 Å². The summed E-state index contributed by atoms with van der Waals surface area (Å²) >= 11 is 7.00. The normalized spacial score (nSPS) is 17.4. The number of thioether (sulfide) groups is 1. The van der Waals surface area contributed by atoms with Crippen LogP contribution in [0.25, 0.3) is 17.1 Å². The number of carbonyl (C=O) groups excluding carboxylic acids is 1. The van der Waals surface area contributed by atoms with E-state index in [1.165, 1.54) is 0 Å². The first-order valence-corrected chi connectivity index (χ1v) is 8.63. The molecule has 0 atom stereocenters. The van der Waals surface area contributed by atoms with Crippen LogP contribution in [0.15, 0.2) is 64.8 Å². The molecule has 122 valence electrons. The Hall–Kier alpha value is -2.70. The van der Waals surface area contributed by atoms with Crippen molar-refractivity contribution in [3.8, 4) is 0 Å². The number of aromatic nitrogens is 2. The molecule has 1 saturated heterocycles. The van der Waals surface area contributed by atoms with Gasteiger partial charge < -0.3 is 5.32 Å². The van der Waals surface area contributed by atoms with E-state index in [1.807, 2.05) is 24.3 Å². The Balaban J connectivity index is 1.71. The largest absolute Gasteiger partial charge is 0.300 e. The highest BCUT2D eigenvalue weighted by molar-refractivity contribution is 8.18. The van der Waals surface area contributed by atoms with Crippen LogP contribution in [0.5, 0.6) is 0 Å². The third-order valence-electron chi connectivity index (χ3n) is 3.52. The van der Waals surface area contributed by atoms with Crippen LogP contribution in [-0.2, 0) is 0 Å². The highest BCUT2D eigenvalue weighted by Gasteiger charge is 2.23. The average Bonchev–Trinajstić information content (AvgIpc) is 2.96. The summed E-state index contributed by atoms with van der Waals surface area (Å²) in [5.41, 5.74) is 3.27. The summed E-state index contributed by atoms with van der Waals surface area (Å²) < 4.78 is 0. The molecule has 0 unspecified atom stereocenters. The van der Waals surface area contributed by atoms with Crippen LogP contribution < -0.4 is 5.32 Å². The fourth-order valence-electron chi connectivity index (χ4n) is 2.38. The highest BCUT2D eigenvalue weighted by atomic mass is 35.5. The molecule has 0 saturated carbocycles. The Labute approximate surface area is 152 Å². The van der Waals surface area contributed by atoms with Gasteiger partial charge in [-0.2, -0.15) is 0 Å². The van der Waals surface area contributed by atoms with E-state index in [0.717, 1.165) is 39.0 Å². The Bertz CT molecular complexity index is 1030. The van der Waals surface area contributed by atoms with Crippen molar-refractivity contribution < 1.29 is 4.79 Å². The molecule has 4 rings (SSSR count). The van der Waals surface area contributed by atoms with Crippen molar-refractivity contribution in [1.82, 2.24) is 15.3 Å². The molecule has 1 aliphatic heterocycles. The molecular formula is C18H11ClN4OS. The van der Waals surface area contributed by atoms with Gasteiger partial charge in [-0.25, -0.2) is 4.99 Å². The molecule has 2 aromatic carbocycles. The third kappa shape index (κ3) is 3.55. The van der Waals surface area contributed by atoms with E-state index < -0.39 is 0 Å². The molecule has 0 aliphatic carbocycles. The maximum absolute atomic E-state index is 11.8. The number of aliphatic imine (C=N–C) groups is 1. The molecule has 1 aromatic heterocycles. The van der Waals surface area contributed by atoms with Crippen molar-refractivity contribution in [2.45, 2.75) is 0 Å². The minimum absolute atomic E-state index is 0.153. The summed E-state index contributed by atoms with van der Waals surface area (Å²) in [4.78, 5) is 25.6. The number of carbonyl (C=O) groups is 1. The van der Waals surface area contributed by atoms with Gasteiger partial charge in [0, 0.05) is 17.4 Å². The van der Waals surface area contributed by atoms with Gasteiger partial charge in [0.25, 0.3) is 5.24 Å². The Morgan fingerprint density at radius 1 is 1.04 bits per heavy atom. The number of amides is 1. The molecule has 1 aliphatic rings. The third-order valence-corrected chi connectivity index (χ3v) is 4.59. The van der Waals surface area contributed by atoms with Crippen molar-refractivity contribution in [3.63, 3.8) is 0 Å². The van der Waals surface area contributed by atoms with Gasteiger partial charge in [0.1, 0.15) is 5.84 Å². The Morgan fingerprint density at radius 3 is 2.60 bits per heavy atom. The number of amidine groups is 1. The van der Waals surface area contributed by atoms with Crippen molar-refractivity contribution in [3.05, 3.63) is 70.3 Å². The van der Waals surface area contributed by atoms with E-state index in [2.05, 4.69) is 20.3 Å². The topological polar surface area (TPSA) is 67.2 Å². The molecular weight excluding hydrogens is 356 g/mol. The van der Waals surface area contributed by atoms with Gasteiger partial charge in [-0.1, -0.05) is 17.7 Å². The molecule has 7 heteroatoms. The Kier molecular flexibility index (Phi) is 4.21. The highest BCUT2D eigenvalue weighted by Crippen LogP contribution is 2.29. The number of nitrogens with zero attached hydrogens (tertiary/aromatic N) is 3. The van der Waals surface area contributed by atoms with Crippen LogP contribution in [0.3, 0.4) is 0 Å². The second kappa shape index (κ2) is 6.66. The zero-order valence-corrected chi connectivity index (χ0v) is 14.4. The van der Waals surface area contributed by atoms with E-state index >= 15 is 0 Å². The van der Waals surface area contributed by atoms with Gasteiger partial charge in [0.15, 0.2) is 0 Å². The molecule has 2 heterocycles. The van der Waals surface area contributed by atoms with Gasteiger partial charge in [-0.3, -0.25) is 14.8 Å². The van der Waals surface area contributed by atoms with E-state index in [-0.39, 0.29) is 5.24 Å². The van der Waals surface area contributed by atoms with E-state index in [4.69, 9.17) is 11.6 Å². The number of nitrogens with one attached hydrogen (secondary N) is 1. The molecule has 1 amide bonds. The van der Waals surface area contributed by atoms with E-state index in [0.29, 0.717) is 10.9 Å². The monoisotopic (exact) mass is 366 g/mol. The summed E-state index contributed by atoms with van der Waals surface area (Å²) in [5, 5.41) is 3.26.